The molecule has 0 bridgehead atoms. The summed E-state index contributed by atoms with van der Waals surface area (Å²) in [5.41, 5.74) is 7.44. The number of nitrogen functional groups attached to an aromatic ring is 1. The highest BCUT2D eigenvalue weighted by Gasteiger charge is 2.16. The number of nitrogens with one attached hydrogen (secondary N) is 1. The van der Waals surface area contributed by atoms with Gasteiger partial charge in [0, 0.05) is 30.9 Å². The van der Waals surface area contributed by atoms with E-state index < -0.39 is 10.0 Å². The minimum atomic E-state index is -3.56. The van der Waals surface area contributed by atoms with Crippen LogP contribution in [0.2, 0.25) is 0 Å². The number of hydrogen-bond donors (Lipinski definition) is 2. The molecule has 1 aromatic carbocycles. The number of sulfonamides is 1. The summed E-state index contributed by atoms with van der Waals surface area (Å²) in [6.45, 7) is 0. The van der Waals surface area contributed by atoms with Crippen LogP contribution in [-0.2, 0) is 10.0 Å². The zero-order valence-corrected chi connectivity index (χ0v) is 12.3. The standard InChI is InChI=1S/C12H15N3O2S2/c1-15(2)11-5-3-4-10(7-11)14-19(16,17)12-6-9(13)8-18-12/h3-8,14H,13H2,1-2H3. The van der Waals surface area contributed by atoms with Crippen molar-refractivity contribution in [3.8, 4) is 0 Å². The van der Waals surface area contributed by atoms with Gasteiger partial charge in [-0.25, -0.2) is 8.42 Å². The van der Waals surface area contributed by atoms with Gasteiger partial charge in [0.15, 0.2) is 0 Å². The van der Waals surface area contributed by atoms with E-state index in [0.29, 0.717) is 11.4 Å². The second-order valence-electron chi connectivity index (χ2n) is 4.25. The summed E-state index contributed by atoms with van der Waals surface area (Å²) >= 11 is 1.10. The van der Waals surface area contributed by atoms with Crippen LogP contribution >= 0.6 is 11.3 Å². The lowest BCUT2D eigenvalue weighted by Gasteiger charge is -2.14. The minimum Gasteiger partial charge on any atom is -0.398 e. The average molecular weight is 297 g/mol. The molecule has 2 aromatic rings. The molecule has 19 heavy (non-hydrogen) atoms. The smallest absolute Gasteiger partial charge is 0.271 e. The molecule has 2 rings (SSSR count). The molecule has 0 saturated heterocycles. The van der Waals surface area contributed by atoms with Crippen molar-refractivity contribution < 1.29 is 8.42 Å². The maximum Gasteiger partial charge on any atom is 0.271 e. The van der Waals surface area contributed by atoms with Gasteiger partial charge in [-0.15, -0.1) is 11.3 Å². The van der Waals surface area contributed by atoms with E-state index >= 15 is 0 Å². The molecule has 0 atom stereocenters. The Kier molecular flexibility index (Phi) is 3.68. The largest absolute Gasteiger partial charge is 0.398 e. The van der Waals surface area contributed by atoms with Gasteiger partial charge in [0.05, 0.1) is 5.69 Å². The second-order valence-corrected chi connectivity index (χ2v) is 7.07. The third kappa shape index (κ3) is 3.18. The van der Waals surface area contributed by atoms with Crippen LogP contribution in [-0.4, -0.2) is 22.5 Å². The molecule has 0 aliphatic heterocycles. The number of nitrogens with zero attached hydrogens (tertiary/aromatic N) is 1. The Hall–Kier alpha value is -1.73. The average Bonchev–Trinajstić information content (AvgIpc) is 2.76. The van der Waals surface area contributed by atoms with Crippen LogP contribution in [0.3, 0.4) is 0 Å². The summed E-state index contributed by atoms with van der Waals surface area (Å²) in [5.74, 6) is 0. The van der Waals surface area contributed by atoms with Crippen LogP contribution in [0.1, 0.15) is 0 Å². The van der Waals surface area contributed by atoms with Crippen molar-refractivity contribution in [3.63, 3.8) is 0 Å². The predicted molar refractivity (Wildman–Crippen MR) is 80.3 cm³/mol. The van der Waals surface area contributed by atoms with Crippen LogP contribution in [0.15, 0.2) is 39.9 Å². The summed E-state index contributed by atoms with van der Waals surface area (Å²) in [7, 11) is 0.228. The maximum absolute atomic E-state index is 12.1. The van der Waals surface area contributed by atoms with Crippen LogP contribution in [0.5, 0.6) is 0 Å². The van der Waals surface area contributed by atoms with Gasteiger partial charge >= 0.3 is 0 Å². The van der Waals surface area contributed by atoms with E-state index in [1.165, 1.54) is 6.07 Å². The Balaban J connectivity index is 2.28. The number of anilines is 3. The molecule has 7 heteroatoms. The van der Waals surface area contributed by atoms with Gasteiger partial charge in [0.2, 0.25) is 0 Å². The molecule has 0 fully saturated rings. The van der Waals surface area contributed by atoms with E-state index in [-0.39, 0.29) is 4.21 Å². The van der Waals surface area contributed by atoms with Crippen molar-refractivity contribution in [2.45, 2.75) is 4.21 Å². The SMILES string of the molecule is CN(C)c1cccc(NS(=O)(=O)c2cc(N)cs2)c1. The van der Waals surface area contributed by atoms with E-state index in [9.17, 15) is 8.42 Å². The molecule has 0 aliphatic carbocycles. The van der Waals surface area contributed by atoms with E-state index in [1.54, 1.807) is 23.6 Å². The van der Waals surface area contributed by atoms with E-state index in [1.807, 2.05) is 25.1 Å². The van der Waals surface area contributed by atoms with Crippen LogP contribution in [0.4, 0.5) is 17.1 Å². The molecule has 1 aromatic heterocycles. The number of rotatable bonds is 4. The predicted octanol–water partition coefficient (Wildman–Crippen LogP) is 2.20. The summed E-state index contributed by atoms with van der Waals surface area (Å²) in [6.07, 6.45) is 0. The minimum absolute atomic E-state index is 0.209. The molecule has 102 valence electrons. The highest BCUT2D eigenvalue weighted by molar-refractivity contribution is 7.94. The lowest BCUT2D eigenvalue weighted by atomic mass is 10.3. The van der Waals surface area contributed by atoms with Gasteiger partial charge in [0.25, 0.3) is 10.0 Å². The van der Waals surface area contributed by atoms with Crippen molar-refractivity contribution in [2.24, 2.45) is 0 Å². The Bertz CT molecular complexity index is 678. The highest BCUT2D eigenvalue weighted by Crippen LogP contribution is 2.25. The Morgan fingerprint density at radius 3 is 2.58 bits per heavy atom. The first-order chi connectivity index (χ1) is 8.88. The fraction of sp³-hybridized carbons (Fsp3) is 0.167. The number of thiophene rings is 1. The zero-order valence-electron chi connectivity index (χ0n) is 10.6. The Morgan fingerprint density at radius 1 is 1.26 bits per heavy atom. The van der Waals surface area contributed by atoms with Gasteiger partial charge in [-0.3, -0.25) is 4.72 Å². The molecule has 0 spiro atoms. The van der Waals surface area contributed by atoms with E-state index in [2.05, 4.69) is 4.72 Å². The lowest BCUT2D eigenvalue weighted by Crippen LogP contribution is -2.13. The van der Waals surface area contributed by atoms with Gasteiger partial charge in [-0.1, -0.05) is 6.07 Å². The van der Waals surface area contributed by atoms with Crippen molar-refractivity contribution in [2.75, 3.05) is 29.5 Å². The number of hydrogen-bond acceptors (Lipinski definition) is 5. The third-order valence-electron chi connectivity index (χ3n) is 2.48. The first kappa shape index (κ1) is 13.7. The fourth-order valence-corrected chi connectivity index (χ4v) is 3.65. The normalized spacial score (nSPS) is 11.3. The maximum atomic E-state index is 12.1. The second kappa shape index (κ2) is 5.10. The van der Waals surface area contributed by atoms with Crippen LogP contribution in [0.25, 0.3) is 0 Å². The van der Waals surface area contributed by atoms with Crippen molar-refractivity contribution >= 4 is 38.4 Å². The monoisotopic (exact) mass is 297 g/mol. The molecule has 0 amide bonds. The van der Waals surface area contributed by atoms with Crippen molar-refractivity contribution in [3.05, 3.63) is 35.7 Å². The summed E-state index contributed by atoms with van der Waals surface area (Å²) in [4.78, 5) is 1.90. The molecule has 0 radical (unpaired) electrons. The molecule has 0 unspecified atom stereocenters. The van der Waals surface area contributed by atoms with Crippen LogP contribution < -0.4 is 15.4 Å². The van der Waals surface area contributed by atoms with Crippen molar-refractivity contribution in [1.82, 2.24) is 0 Å². The summed E-state index contributed by atoms with van der Waals surface area (Å²) in [6, 6.07) is 8.63. The third-order valence-corrected chi connectivity index (χ3v) is 5.31. The zero-order chi connectivity index (χ0) is 14.0. The molecular weight excluding hydrogens is 282 g/mol. The van der Waals surface area contributed by atoms with Gasteiger partial charge in [-0.05, 0) is 24.3 Å². The molecular formula is C12H15N3O2S2. The highest BCUT2D eigenvalue weighted by atomic mass is 32.2. The lowest BCUT2D eigenvalue weighted by molar-refractivity contribution is 0.603. The Morgan fingerprint density at radius 2 is 2.00 bits per heavy atom. The molecule has 0 saturated carbocycles. The van der Waals surface area contributed by atoms with Crippen LogP contribution in [0, 0.1) is 0 Å². The van der Waals surface area contributed by atoms with Gasteiger partial charge in [-0.2, -0.15) is 0 Å². The first-order valence-corrected chi connectivity index (χ1v) is 7.89. The summed E-state index contributed by atoms with van der Waals surface area (Å²) in [5, 5.41) is 1.60. The molecule has 3 N–H and O–H groups in total. The van der Waals surface area contributed by atoms with Crippen molar-refractivity contribution in [1.29, 1.82) is 0 Å². The van der Waals surface area contributed by atoms with E-state index in [4.69, 9.17) is 5.73 Å². The van der Waals surface area contributed by atoms with Gasteiger partial charge < -0.3 is 10.6 Å². The van der Waals surface area contributed by atoms with E-state index in [0.717, 1.165) is 17.0 Å². The number of benzene rings is 1. The Labute approximate surface area is 116 Å². The summed E-state index contributed by atoms with van der Waals surface area (Å²) < 4.78 is 27.0. The first-order valence-electron chi connectivity index (χ1n) is 5.53. The fourth-order valence-electron chi connectivity index (χ4n) is 1.52. The molecule has 1 heterocycles. The van der Waals surface area contributed by atoms with Gasteiger partial charge in [0.1, 0.15) is 4.21 Å². The molecule has 0 aliphatic rings. The topological polar surface area (TPSA) is 75.4 Å². The molecule has 5 nitrogen and oxygen atoms in total. The quantitative estimate of drug-likeness (QED) is 0.907. The number of nitrogens with two attached hydrogens (primary N) is 1.